The van der Waals surface area contributed by atoms with Crippen molar-refractivity contribution in [1.82, 2.24) is 10.1 Å². The van der Waals surface area contributed by atoms with Crippen molar-refractivity contribution in [2.45, 2.75) is 25.7 Å². The van der Waals surface area contributed by atoms with E-state index in [9.17, 15) is 13.6 Å². The van der Waals surface area contributed by atoms with Crippen molar-refractivity contribution in [2.75, 3.05) is 11.4 Å². The monoisotopic (exact) mass is 369 g/mol. The maximum Gasteiger partial charge on any atom is 0.232 e. The number of aryl methyl sites for hydroxylation is 1. The van der Waals surface area contributed by atoms with Gasteiger partial charge in [0.05, 0.1) is 5.92 Å². The second kappa shape index (κ2) is 6.90. The fraction of sp³-hybridized carbons (Fsp3) is 0.250. The second-order valence-electron chi connectivity index (χ2n) is 6.54. The molecule has 0 bridgehead atoms. The molecule has 1 atom stereocenters. The lowest BCUT2D eigenvalue weighted by Gasteiger charge is -2.16. The predicted molar refractivity (Wildman–Crippen MR) is 95.2 cm³/mol. The highest BCUT2D eigenvalue weighted by molar-refractivity contribution is 5.96. The van der Waals surface area contributed by atoms with Gasteiger partial charge in [-0.1, -0.05) is 36.3 Å². The van der Waals surface area contributed by atoms with E-state index in [-0.39, 0.29) is 30.5 Å². The summed E-state index contributed by atoms with van der Waals surface area (Å²) < 4.78 is 32.3. The fourth-order valence-corrected chi connectivity index (χ4v) is 3.23. The molecule has 27 heavy (non-hydrogen) atoms. The number of hydrogen-bond donors (Lipinski definition) is 0. The van der Waals surface area contributed by atoms with Crippen LogP contribution in [0.25, 0.3) is 11.4 Å². The molecular weight excluding hydrogens is 352 g/mol. The Morgan fingerprint density at radius 3 is 2.52 bits per heavy atom. The summed E-state index contributed by atoms with van der Waals surface area (Å²) in [5.41, 5.74) is 2.23. The molecule has 1 aromatic heterocycles. The number of carbonyl (C=O) groups is 1. The topological polar surface area (TPSA) is 59.2 Å². The summed E-state index contributed by atoms with van der Waals surface area (Å²) >= 11 is 0. The molecule has 1 unspecified atom stereocenters. The zero-order valence-electron chi connectivity index (χ0n) is 14.7. The van der Waals surface area contributed by atoms with Gasteiger partial charge < -0.3 is 9.42 Å². The SMILES string of the molecule is CCc1ccc(-c2noc(C3CC(=O)N(c4cc(F)cc(F)c4)C3)n2)cc1. The number of rotatable bonds is 4. The van der Waals surface area contributed by atoms with Crippen LogP contribution >= 0.6 is 0 Å². The van der Waals surface area contributed by atoms with Crippen LogP contribution < -0.4 is 4.90 Å². The molecule has 0 N–H and O–H groups in total. The van der Waals surface area contributed by atoms with E-state index in [4.69, 9.17) is 4.52 Å². The van der Waals surface area contributed by atoms with Gasteiger partial charge >= 0.3 is 0 Å². The van der Waals surface area contributed by atoms with Crippen molar-refractivity contribution in [2.24, 2.45) is 0 Å². The Balaban J connectivity index is 1.54. The van der Waals surface area contributed by atoms with Crippen LogP contribution in [0.4, 0.5) is 14.5 Å². The standard InChI is InChI=1S/C20H17F2N3O2/c1-2-12-3-5-13(6-4-12)19-23-20(27-24-19)14-7-18(26)25(11-14)17-9-15(21)8-16(22)10-17/h3-6,8-10,14H,2,7,11H2,1H3. The van der Waals surface area contributed by atoms with Crippen molar-refractivity contribution < 1.29 is 18.1 Å². The van der Waals surface area contributed by atoms with Crippen molar-refractivity contribution >= 4 is 11.6 Å². The van der Waals surface area contributed by atoms with E-state index in [0.29, 0.717) is 11.7 Å². The zero-order valence-corrected chi connectivity index (χ0v) is 14.7. The summed E-state index contributed by atoms with van der Waals surface area (Å²) in [5, 5.41) is 4.00. The van der Waals surface area contributed by atoms with Crippen LogP contribution in [-0.4, -0.2) is 22.6 Å². The smallest absolute Gasteiger partial charge is 0.232 e. The molecule has 7 heteroatoms. The molecule has 138 valence electrons. The minimum absolute atomic E-state index is 0.147. The first-order chi connectivity index (χ1) is 13.0. The number of anilines is 1. The average molecular weight is 369 g/mol. The molecule has 1 saturated heterocycles. The van der Waals surface area contributed by atoms with Gasteiger partial charge in [-0.05, 0) is 24.1 Å². The van der Waals surface area contributed by atoms with Gasteiger partial charge in [-0.3, -0.25) is 4.79 Å². The van der Waals surface area contributed by atoms with Crippen LogP contribution in [0, 0.1) is 11.6 Å². The van der Waals surface area contributed by atoms with Crippen LogP contribution in [0.2, 0.25) is 0 Å². The Bertz CT molecular complexity index is 965. The summed E-state index contributed by atoms with van der Waals surface area (Å²) in [4.78, 5) is 18.1. The number of nitrogens with zero attached hydrogens (tertiary/aromatic N) is 3. The Kier molecular flexibility index (Phi) is 4.43. The van der Waals surface area contributed by atoms with E-state index >= 15 is 0 Å². The van der Waals surface area contributed by atoms with E-state index in [1.54, 1.807) is 0 Å². The highest BCUT2D eigenvalue weighted by atomic mass is 19.1. The Morgan fingerprint density at radius 1 is 1.15 bits per heavy atom. The summed E-state index contributed by atoms with van der Waals surface area (Å²) in [6.07, 6.45) is 1.09. The number of carbonyl (C=O) groups excluding carboxylic acids is 1. The molecule has 0 radical (unpaired) electrons. The number of hydrogen-bond acceptors (Lipinski definition) is 4. The van der Waals surface area contributed by atoms with Crippen molar-refractivity contribution in [3.8, 4) is 11.4 Å². The van der Waals surface area contributed by atoms with Gasteiger partial charge in [0.2, 0.25) is 17.6 Å². The van der Waals surface area contributed by atoms with Gasteiger partial charge in [0, 0.05) is 30.3 Å². The van der Waals surface area contributed by atoms with Crippen LogP contribution in [0.3, 0.4) is 0 Å². The normalized spacial score (nSPS) is 16.9. The molecule has 0 aliphatic carbocycles. The van der Waals surface area contributed by atoms with Gasteiger partial charge in [0.25, 0.3) is 0 Å². The van der Waals surface area contributed by atoms with Crippen molar-refractivity contribution in [3.05, 3.63) is 65.6 Å². The highest BCUT2D eigenvalue weighted by Crippen LogP contribution is 2.32. The maximum atomic E-state index is 13.5. The van der Waals surface area contributed by atoms with Gasteiger partial charge in [-0.25, -0.2) is 8.78 Å². The third-order valence-electron chi connectivity index (χ3n) is 4.70. The second-order valence-corrected chi connectivity index (χ2v) is 6.54. The molecule has 3 aromatic rings. The lowest BCUT2D eigenvalue weighted by Crippen LogP contribution is -2.24. The number of benzene rings is 2. The highest BCUT2D eigenvalue weighted by Gasteiger charge is 2.35. The largest absolute Gasteiger partial charge is 0.339 e. The van der Waals surface area contributed by atoms with E-state index in [1.807, 2.05) is 24.3 Å². The van der Waals surface area contributed by atoms with E-state index in [2.05, 4.69) is 17.1 Å². The van der Waals surface area contributed by atoms with Crippen LogP contribution in [0.1, 0.15) is 30.7 Å². The third kappa shape index (κ3) is 3.45. The fourth-order valence-electron chi connectivity index (χ4n) is 3.23. The van der Waals surface area contributed by atoms with Gasteiger partial charge in [-0.2, -0.15) is 4.98 Å². The molecule has 1 aliphatic rings. The number of amides is 1. The molecule has 1 amide bonds. The average Bonchev–Trinajstić information content (AvgIpc) is 3.28. The third-order valence-corrected chi connectivity index (χ3v) is 4.70. The molecule has 2 aromatic carbocycles. The number of halogens is 2. The molecule has 2 heterocycles. The Hall–Kier alpha value is -3.09. The minimum atomic E-state index is -0.725. The zero-order chi connectivity index (χ0) is 19.0. The summed E-state index contributed by atoms with van der Waals surface area (Å²) in [6.45, 7) is 2.31. The Morgan fingerprint density at radius 2 is 1.85 bits per heavy atom. The molecule has 4 rings (SSSR count). The summed E-state index contributed by atoms with van der Waals surface area (Å²) in [6, 6.07) is 10.9. The summed E-state index contributed by atoms with van der Waals surface area (Å²) in [7, 11) is 0. The van der Waals surface area contributed by atoms with Gasteiger partial charge in [0.1, 0.15) is 11.6 Å². The molecule has 5 nitrogen and oxygen atoms in total. The summed E-state index contributed by atoms with van der Waals surface area (Å²) in [5.74, 6) is -1.21. The first-order valence-electron chi connectivity index (χ1n) is 8.73. The molecule has 0 spiro atoms. The first kappa shape index (κ1) is 17.3. The molecular formula is C20H17F2N3O2. The minimum Gasteiger partial charge on any atom is -0.339 e. The lowest BCUT2D eigenvalue weighted by molar-refractivity contribution is -0.117. The molecule has 1 fully saturated rings. The Labute approximate surface area is 154 Å². The van der Waals surface area contributed by atoms with Crippen LogP contribution in [-0.2, 0) is 11.2 Å². The number of aromatic nitrogens is 2. The molecule has 0 saturated carbocycles. The van der Waals surface area contributed by atoms with E-state index < -0.39 is 11.6 Å². The van der Waals surface area contributed by atoms with E-state index in [1.165, 1.54) is 10.5 Å². The van der Waals surface area contributed by atoms with E-state index in [0.717, 1.165) is 30.2 Å². The van der Waals surface area contributed by atoms with Crippen molar-refractivity contribution in [1.29, 1.82) is 0 Å². The first-order valence-corrected chi connectivity index (χ1v) is 8.73. The van der Waals surface area contributed by atoms with Crippen molar-refractivity contribution in [3.63, 3.8) is 0 Å². The van der Waals surface area contributed by atoms with Gasteiger partial charge in [0.15, 0.2) is 0 Å². The predicted octanol–water partition coefficient (Wildman–Crippen LogP) is 4.10. The molecule has 1 aliphatic heterocycles. The van der Waals surface area contributed by atoms with Crippen LogP contribution in [0.15, 0.2) is 47.0 Å². The maximum absolute atomic E-state index is 13.5. The van der Waals surface area contributed by atoms with Gasteiger partial charge in [-0.15, -0.1) is 0 Å². The van der Waals surface area contributed by atoms with Crippen LogP contribution in [0.5, 0.6) is 0 Å². The quantitative estimate of drug-likeness (QED) is 0.695. The lowest BCUT2D eigenvalue weighted by atomic mass is 10.1.